The van der Waals surface area contributed by atoms with E-state index in [-0.39, 0.29) is 18.6 Å². The van der Waals surface area contributed by atoms with Gasteiger partial charge in [-0.3, -0.25) is 9.78 Å². The quantitative estimate of drug-likeness (QED) is 0.643. The van der Waals surface area contributed by atoms with Crippen LogP contribution in [0.4, 0.5) is 5.82 Å². The van der Waals surface area contributed by atoms with Gasteiger partial charge in [-0.2, -0.15) is 4.98 Å². The molecule has 0 radical (unpaired) electrons. The first-order valence-electron chi connectivity index (χ1n) is 9.64. The second-order valence-corrected chi connectivity index (χ2v) is 7.28. The van der Waals surface area contributed by atoms with Crippen LogP contribution in [0.1, 0.15) is 6.42 Å². The van der Waals surface area contributed by atoms with Gasteiger partial charge in [0.2, 0.25) is 5.88 Å². The van der Waals surface area contributed by atoms with E-state index in [9.17, 15) is 4.79 Å². The summed E-state index contributed by atoms with van der Waals surface area (Å²) in [6.45, 7) is 1.18. The molecule has 1 aliphatic heterocycles. The van der Waals surface area contributed by atoms with Gasteiger partial charge in [-0.1, -0.05) is 30.3 Å². The molecule has 0 saturated carbocycles. The van der Waals surface area contributed by atoms with Crippen molar-refractivity contribution in [3.63, 3.8) is 0 Å². The second kappa shape index (κ2) is 8.34. The lowest BCUT2D eigenvalue weighted by molar-refractivity contribution is -0.132. The van der Waals surface area contributed by atoms with Crippen LogP contribution in [-0.2, 0) is 4.79 Å². The van der Waals surface area contributed by atoms with Crippen molar-refractivity contribution in [3.05, 3.63) is 54.9 Å². The number of carbonyl (C=O) groups is 1. The molecule has 1 aromatic heterocycles. The zero-order valence-electron chi connectivity index (χ0n) is 16.6. The number of likely N-dealkylation sites (tertiary alicyclic amines) is 1. The highest BCUT2D eigenvalue weighted by Crippen LogP contribution is 2.21. The van der Waals surface area contributed by atoms with Crippen LogP contribution in [0.2, 0.25) is 0 Å². The number of anilines is 1. The number of rotatable bonds is 6. The molecule has 0 bridgehead atoms. The molecule has 0 spiro atoms. The van der Waals surface area contributed by atoms with Gasteiger partial charge in [-0.25, -0.2) is 0 Å². The molecule has 1 unspecified atom stereocenters. The number of benzene rings is 2. The highest BCUT2D eigenvalue weighted by atomic mass is 16.5. The summed E-state index contributed by atoms with van der Waals surface area (Å²) in [4.78, 5) is 24.8. The summed E-state index contributed by atoms with van der Waals surface area (Å²) < 4.78 is 11.6. The molecule has 150 valence electrons. The van der Waals surface area contributed by atoms with Crippen molar-refractivity contribution in [2.45, 2.75) is 12.5 Å². The number of amides is 1. The molecule has 4 rings (SSSR count). The Hall–Kier alpha value is -3.35. The Morgan fingerprint density at radius 1 is 1.17 bits per heavy atom. The minimum Gasteiger partial charge on any atom is -0.484 e. The summed E-state index contributed by atoms with van der Waals surface area (Å²) in [5, 5.41) is 2.24. The third kappa shape index (κ3) is 4.56. The predicted molar refractivity (Wildman–Crippen MR) is 111 cm³/mol. The lowest BCUT2D eigenvalue weighted by Gasteiger charge is -2.18. The Labute approximate surface area is 169 Å². The summed E-state index contributed by atoms with van der Waals surface area (Å²) in [6.07, 6.45) is 3.95. The van der Waals surface area contributed by atoms with E-state index in [1.54, 1.807) is 17.3 Å². The lowest BCUT2D eigenvalue weighted by Crippen LogP contribution is -2.34. The van der Waals surface area contributed by atoms with E-state index < -0.39 is 0 Å². The average molecular weight is 392 g/mol. The van der Waals surface area contributed by atoms with Gasteiger partial charge in [-0.15, -0.1) is 0 Å². The molecule has 1 amide bonds. The fourth-order valence-corrected chi connectivity index (χ4v) is 3.33. The Morgan fingerprint density at radius 3 is 2.83 bits per heavy atom. The molecule has 1 saturated heterocycles. The number of nitrogens with zero attached hydrogens (tertiary/aromatic N) is 4. The van der Waals surface area contributed by atoms with Gasteiger partial charge in [0, 0.05) is 27.1 Å². The van der Waals surface area contributed by atoms with Gasteiger partial charge in [0.1, 0.15) is 11.9 Å². The number of ether oxygens (including phenoxy) is 2. The van der Waals surface area contributed by atoms with Crippen molar-refractivity contribution in [3.8, 4) is 11.6 Å². The van der Waals surface area contributed by atoms with Crippen LogP contribution in [0, 0.1) is 0 Å². The Balaban J connectivity index is 1.30. The molecule has 0 aliphatic carbocycles. The van der Waals surface area contributed by atoms with Crippen molar-refractivity contribution < 1.29 is 14.3 Å². The highest BCUT2D eigenvalue weighted by molar-refractivity contribution is 5.84. The van der Waals surface area contributed by atoms with E-state index >= 15 is 0 Å². The Morgan fingerprint density at radius 2 is 2.00 bits per heavy atom. The van der Waals surface area contributed by atoms with Crippen LogP contribution in [0.15, 0.2) is 54.9 Å². The van der Waals surface area contributed by atoms with E-state index in [1.807, 2.05) is 61.5 Å². The van der Waals surface area contributed by atoms with Crippen LogP contribution < -0.4 is 14.4 Å². The molecule has 29 heavy (non-hydrogen) atoms. The Kier molecular flexibility index (Phi) is 5.46. The summed E-state index contributed by atoms with van der Waals surface area (Å²) in [6, 6.07) is 13.9. The smallest absolute Gasteiger partial charge is 0.260 e. The zero-order chi connectivity index (χ0) is 20.2. The minimum atomic E-state index is -0.0914. The first-order chi connectivity index (χ1) is 14.1. The van der Waals surface area contributed by atoms with Crippen LogP contribution in [-0.4, -0.2) is 60.7 Å². The molecule has 0 N–H and O–H groups in total. The van der Waals surface area contributed by atoms with Crippen LogP contribution >= 0.6 is 0 Å². The maximum atomic E-state index is 12.5. The van der Waals surface area contributed by atoms with Gasteiger partial charge in [0.25, 0.3) is 5.91 Å². The lowest BCUT2D eigenvalue weighted by atomic mass is 10.1. The van der Waals surface area contributed by atoms with Gasteiger partial charge < -0.3 is 19.3 Å². The molecule has 7 nitrogen and oxygen atoms in total. The molecule has 1 fully saturated rings. The van der Waals surface area contributed by atoms with Gasteiger partial charge in [0.15, 0.2) is 12.4 Å². The molecule has 2 aromatic carbocycles. The predicted octanol–water partition coefficient (Wildman–Crippen LogP) is 2.75. The number of hydrogen-bond donors (Lipinski definition) is 0. The first kappa shape index (κ1) is 19.0. The van der Waals surface area contributed by atoms with Gasteiger partial charge in [0.05, 0.1) is 18.9 Å². The van der Waals surface area contributed by atoms with Crippen molar-refractivity contribution in [2.24, 2.45) is 0 Å². The highest BCUT2D eigenvalue weighted by Gasteiger charge is 2.28. The Bertz CT molecular complexity index is 1010. The molecule has 1 atom stereocenters. The van der Waals surface area contributed by atoms with Gasteiger partial charge >= 0.3 is 0 Å². The number of fused-ring (bicyclic) bond motifs is 1. The third-order valence-electron chi connectivity index (χ3n) is 4.93. The summed E-state index contributed by atoms with van der Waals surface area (Å²) in [5.74, 6) is 1.86. The summed E-state index contributed by atoms with van der Waals surface area (Å²) >= 11 is 0. The number of carbonyl (C=O) groups excluding carboxylic acids is 1. The molecule has 1 aliphatic rings. The van der Waals surface area contributed by atoms with Crippen LogP contribution in [0.25, 0.3) is 10.8 Å². The summed E-state index contributed by atoms with van der Waals surface area (Å²) in [7, 11) is 3.80. The fourth-order valence-electron chi connectivity index (χ4n) is 3.33. The molecule has 7 heteroatoms. The van der Waals surface area contributed by atoms with Crippen molar-refractivity contribution in [1.82, 2.24) is 14.9 Å². The maximum Gasteiger partial charge on any atom is 0.260 e. The largest absolute Gasteiger partial charge is 0.484 e. The number of aromatic nitrogens is 2. The monoisotopic (exact) mass is 392 g/mol. The third-order valence-corrected chi connectivity index (χ3v) is 4.93. The zero-order valence-corrected chi connectivity index (χ0v) is 16.6. The molecular weight excluding hydrogens is 368 g/mol. The minimum absolute atomic E-state index is 0.0149. The summed E-state index contributed by atoms with van der Waals surface area (Å²) in [5.41, 5.74) is 0. The van der Waals surface area contributed by atoms with Crippen molar-refractivity contribution >= 4 is 22.5 Å². The normalized spacial score (nSPS) is 16.1. The van der Waals surface area contributed by atoms with E-state index in [0.717, 1.165) is 23.0 Å². The van der Waals surface area contributed by atoms with Crippen molar-refractivity contribution in [1.29, 1.82) is 0 Å². The molecular formula is C22H24N4O3. The van der Waals surface area contributed by atoms with Crippen LogP contribution in [0.5, 0.6) is 11.6 Å². The number of hydrogen-bond acceptors (Lipinski definition) is 6. The average Bonchev–Trinajstić information content (AvgIpc) is 3.20. The molecule has 3 aromatic rings. The first-order valence-corrected chi connectivity index (χ1v) is 9.64. The fraction of sp³-hybridized carbons (Fsp3) is 0.318. The second-order valence-electron chi connectivity index (χ2n) is 7.28. The van der Waals surface area contributed by atoms with Crippen LogP contribution in [0.3, 0.4) is 0 Å². The topological polar surface area (TPSA) is 67.8 Å². The van der Waals surface area contributed by atoms with E-state index in [4.69, 9.17) is 9.47 Å². The standard InChI is InChI=1S/C22H24N4O3/c1-25(2)20-12-23-13-21(24-20)29-19-9-10-26(14-19)22(27)15-28-18-8-7-16-5-3-4-6-17(16)11-18/h3-8,11-13,19H,9-10,14-15H2,1-2H3. The SMILES string of the molecule is CN(C)c1cncc(OC2CCN(C(=O)COc3ccc4ccccc4c3)C2)n1. The van der Waals surface area contributed by atoms with Crippen molar-refractivity contribution in [2.75, 3.05) is 38.7 Å². The van der Waals surface area contributed by atoms with E-state index in [2.05, 4.69) is 9.97 Å². The molecule has 2 heterocycles. The van der Waals surface area contributed by atoms with Gasteiger partial charge in [-0.05, 0) is 22.9 Å². The maximum absolute atomic E-state index is 12.5. The van der Waals surface area contributed by atoms with E-state index in [1.165, 1.54) is 0 Å². The van der Waals surface area contributed by atoms with E-state index in [0.29, 0.717) is 24.7 Å².